The first-order valence-corrected chi connectivity index (χ1v) is 14.8. The fraction of sp³-hybridized carbons (Fsp3) is 0.355. The standard InChI is InChI=1S/C31H32Cl2N6O2/c1-21-17-36(14-15-39(21)30(41)19-38-20-35-27-5-3-12-34-31(27)38)28-6-2-4-23-11-13-37(18-24(23)28)29(40)10-8-22-7-9-25(32)26(33)16-22/h2-7,9,12,16,20-21H,8,10-11,13-15,17-19H2,1H3/t21-/m1/s1. The number of fused-ring (bicyclic) bond motifs is 2. The third-order valence-corrected chi connectivity index (χ3v) is 8.92. The Morgan fingerprint density at radius 1 is 0.976 bits per heavy atom. The van der Waals surface area contributed by atoms with E-state index in [0.717, 1.165) is 41.9 Å². The number of aromatic nitrogens is 3. The molecule has 0 bridgehead atoms. The van der Waals surface area contributed by atoms with Crippen LogP contribution in [0.5, 0.6) is 0 Å². The first-order valence-electron chi connectivity index (χ1n) is 14.0. The molecule has 1 fully saturated rings. The first-order chi connectivity index (χ1) is 19.9. The second-order valence-corrected chi connectivity index (χ2v) is 11.6. The van der Waals surface area contributed by atoms with Crippen LogP contribution in [0.15, 0.2) is 61.1 Å². The van der Waals surface area contributed by atoms with E-state index in [0.29, 0.717) is 42.5 Å². The van der Waals surface area contributed by atoms with Crippen LogP contribution in [0.1, 0.15) is 30.0 Å². The number of carbonyl (C=O) groups is 2. The van der Waals surface area contributed by atoms with Crippen molar-refractivity contribution in [3.8, 4) is 0 Å². The highest BCUT2D eigenvalue weighted by Crippen LogP contribution is 2.31. The van der Waals surface area contributed by atoms with Crippen molar-refractivity contribution in [1.29, 1.82) is 0 Å². The molecule has 0 aliphatic carbocycles. The van der Waals surface area contributed by atoms with E-state index < -0.39 is 0 Å². The smallest absolute Gasteiger partial charge is 0.242 e. The molecule has 2 aliphatic rings. The quantitative estimate of drug-likeness (QED) is 0.316. The Balaban J connectivity index is 1.10. The topological polar surface area (TPSA) is 74.6 Å². The summed E-state index contributed by atoms with van der Waals surface area (Å²) in [6.07, 6.45) is 5.29. The summed E-state index contributed by atoms with van der Waals surface area (Å²) in [5, 5.41) is 1.03. The second kappa shape index (κ2) is 11.7. The van der Waals surface area contributed by atoms with Crippen LogP contribution >= 0.6 is 23.2 Å². The van der Waals surface area contributed by atoms with E-state index in [9.17, 15) is 9.59 Å². The van der Waals surface area contributed by atoms with Crippen LogP contribution in [0.4, 0.5) is 5.69 Å². The Morgan fingerprint density at radius 3 is 2.68 bits per heavy atom. The van der Waals surface area contributed by atoms with Gasteiger partial charge < -0.3 is 19.3 Å². The van der Waals surface area contributed by atoms with Crippen LogP contribution in [0.2, 0.25) is 10.0 Å². The van der Waals surface area contributed by atoms with E-state index in [-0.39, 0.29) is 24.4 Å². The molecule has 0 spiro atoms. The summed E-state index contributed by atoms with van der Waals surface area (Å²) in [5.74, 6) is 0.206. The van der Waals surface area contributed by atoms with Gasteiger partial charge >= 0.3 is 0 Å². The number of halogens is 2. The monoisotopic (exact) mass is 590 g/mol. The summed E-state index contributed by atoms with van der Waals surface area (Å²) in [7, 11) is 0. The van der Waals surface area contributed by atoms with Gasteiger partial charge in [-0.1, -0.05) is 41.4 Å². The maximum Gasteiger partial charge on any atom is 0.242 e. The van der Waals surface area contributed by atoms with Crippen molar-refractivity contribution in [1.82, 2.24) is 24.3 Å². The molecule has 2 aliphatic heterocycles. The molecule has 0 N–H and O–H groups in total. The molecule has 2 amide bonds. The van der Waals surface area contributed by atoms with Crippen LogP contribution in [0, 0.1) is 0 Å². The molecule has 1 saturated heterocycles. The van der Waals surface area contributed by atoms with Crippen LogP contribution in [-0.4, -0.2) is 68.4 Å². The van der Waals surface area contributed by atoms with Crippen LogP contribution < -0.4 is 4.90 Å². The molecule has 1 atom stereocenters. The molecule has 8 nitrogen and oxygen atoms in total. The van der Waals surface area contributed by atoms with E-state index in [1.807, 2.05) is 38.6 Å². The van der Waals surface area contributed by atoms with E-state index in [2.05, 4.69) is 40.0 Å². The number of rotatable bonds is 6. The predicted octanol–water partition coefficient (Wildman–Crippen LogP) is 4.99. The van der Waals surface area contributed by atoms with Gasteiger partial charge in [0, 0.05) is 57.1 Å². The van der Waals surface area contributed by atoms with Gasteiger partial charge in [-0.3, -0.25) is 9.59 Å². The number of carbonyl (C=O) groups excluding carboxylic acids is 2. The number of piperazine rings is 1. The normalized spacial score (nSPS) is 17.1. The summed E-state index contributed by atoms with van der Waals surface area (Å²) in [5.41, 5.74) is 6.18. The van der Waals surface area contributed by atoms with E-state index >= 15 is 0 Å². The molecule has 212 valence electrons. The Bertz CT molecular complexity index is 1600. The Morgan fingerprint density at radius 2 is 1.85 bits per heavy atom. The number of benzene rings is 2. The van der Waals surface area contributed by atoms with Gasteiger partial charge in [-0.2, -0.15) is 0 Å². The van der Waals surface area contributed by atoms with Gasteiger partial charge in [-0.25, -0.2) is 9.97 Å². The molecule has 0 radical (unpaired) electrons. The average Bonchev–Trinajstić information content (AvgIpc) is 3.39. The lowest BCUT2D eigenvalue weighted by atomic mass is 9.96. The van der Waals surface area contributed by atoms with E-state index in [4.69, 9.17) is 23.2 Å². The van der Waals surface area contributed by atoms with Gasteiger partial charge in [0.25, 0.3) is 0 Å². The van der Waals surface area contributed by atoms with Gasteiger partial charge in [0.05, 0.1) is 16.4 Å². The highest BCUT2D eigenvalue weighted by atomic mass is 35.5. The summed E-state index contributed by atoms with van der Waals surface area (Å²) in [6, 6.07) is 15.7. The predicted molar refractivity (Wildman–Crippen MR) is 161 cm³/mol. The van der Waals surface area contributed by atoms with Crippen molar-refractivity contribution in [2.24, 2.45) is 0 Å². The van der Waals surface area contributed by atoms with Gasteiger partial charge in [0.2, 0.25) is 11.8 Å². The molecule has 2 aromatic heterocycles. The fourth-order valence-electron chi connectivity index (χ4n) is 5.97. The number of anilines is 1. The summed E-state index contributed by atoms with van der Waals surface area (Å²) in [6.45, 7) is 5.74. The summed E-state index contributed by atoms with van der Waals surface area (Å²) < 4.78 is 1.82. The second-order valence-electron chi connectivity index (χ2n) is 10.8. The van der Waals surface area contributed by atoms with Crippen molar-refractivity contribution >= 4 is 51.9 Å². The van der Waals surface area contributed by atoms with Gasteiger partial charge in [0.1, 0.15) is 12.1 Å². The Hall–Kier alpha value is -3.62. The molecule has 4 aromatic rings. The zero-order valence-corrected chi connectivity index (χ0v) is 24.5. The number of hydrogen-bond donors (Lipinski definition) is 0. The first kappa shape index (κ1) is 27.5. The molecule has 10 heteroatoms. The molecular formula is C31H32Cl2N6O2. The van der Waals surface area contributed by atoms with Crippen molar-refractivity contribution < 1.29 is 9.59 Å². The van der Waals surface area contributed by atoms with Crippen LogP contribution in [0.25, 0.3) is 11.2 Å². The lowest BCUT2D eigenvalue weighted by Gasteiger charge is -2.42. The molecule has 4 heterocycles. The van der Waals surface area contributed by atoms with Gasteiger partial charge in [-0.05, 0) is 66.8 Å². The number of amides is 2. The van der Waals surface area contributed by atoms with Gasteiger partial charge in [-0.15, -0.1) is 0 Å². The van der Waals surface area contributed by atoms with Crippen molar-refractivity contribution in [3.63, 3.8) is 0 Å². The summed E-state index contributed by atoms with van der Waals surface area (Å²) >= 11 is 12.2. The Labute approximate surface area is 249 Å². The number of imidazole rings is 1. The van der Waals surface area contributed by atoms with Crippen LogP contribution in [-0.2, 0) is 35.5 Å². The fourth-order valence-corrected chi connectivity index (χ4v) is 6.29. The average molecular weight is 592 g/mol. The number of pyridine rings is 1. The maximum absolute atomic E-state index is 13.3. The molecular weight excluding hydrogens is 559 g/mol. The van der Waals surface area contributed by atoms with Gasteiger partial charge in [0.15, 0.2) is 5.65 Å². The third kappa shape index (κ3) is 5.76. The number of hydrogen-bond acceptors (Lipinski definition) is 5. The van der Waals surface area contributed by atoms with Crippen LogP contribution in [0.3, 0.4) is 0 Å². The maximum atomic E-state index is 13.3. The number of nitrogens with zero attached hydrogens (tertiary/aromatic N) is 6. The molecule has 0 saturated carbocycles. The SMILES string of the molecule is C[C@@H]1CN(c2cccc3c2CN(C(=O)CCc2ccc(Cl)c(Cl)c2)CC3)CCN1C(=O)Cn1cnc2cccnc21. The highest BCUT2D eigenvalue weighted by Gasteiger charge is 2.31. The van der Waals surface area contributed by atoms with Crippen molar-refractivity contribution in [2.45, 2.75) is 45.3 Å². The lowest BCUT2D eigenvalue weighted by Crippen LogP contribution is -2.55. The number of aryl methyl sites for hydroxylation is 1. The zero-order chi connectivity index (χ0) is 28.5. The minimum atomic E-state index is 0.0439. The zero-order valence-electron chi connectivity index (χ0n) is 23.0. The molecule has 6 rings (SSSR count). The van der Waals surface area contributed by atoms with Crippen molar-refractivity contribution in [3.05, 3.63) is 87.8 Å². The van der Waals surface area contributed by atoms with E-state index in [1.54, 1.807) is 18.6 Å². The molecule has 2 aromatic carbocycles. The minimum Gasteiger partial charge on any atom is -0.367 e. The molecule has 0 unspecified atom stereocenters. The Kier molecular flexibility index (Phi) is 7.86. The largest absolute Gasteiger partial charge is 0.367 e. The summed E-state index contributed by atoms with van der Waals surface area (Å²) in [4.78, 5) is 41.5. The molecule has 41 heavy (non-hydrogen) atoms. The lowest BCUT2D eigenvalue weighted by molar-refractivity contribution is -0.134. The van der Waals surface area contributed by atoms with E-state index in [1.165, 1.54) is 11.1 Å². The third-order valence-electron chi connectivity index (χ3n) is 8.18. The van der Waals surface area contributed by atoms with Crippen molar-refractivity contribution in [2.75, 3.05) is 31.1 Å². The highest BCUT2D eigenvalue weighted by molar-refractivity contribution is 6.42. The minimum absolute atomic E-state index is 0.0439.